The summed E-state index contributed by atoms with van der Waals surface area (Å²) in [5.74, 6) is -0.479. The summed E-state index contributed by atoms with van der Waals surface area (Å²) in [6.07, 6.45) is 0. The molecule has 6 heteroatoms. The number of nitrogens with zero attached hydrogens (tertiary/aromatic N) is 1. The molecule has 19 heavy (non-hydrogen) atoms. The molecule has 0 spiro atoms. The molecular formula is C13H15ClN4O. The number of nitrogens with one attached hydrogen (secondary N) is 2. The topological polar surface area (TPSA) is 83.8 Å². The molecule has 2 rings (SSSR count). The molecule has 0 aliphatic heterocycles. The average Bonchev–Trinajstić information content (AvgIpc) is 2.68. The first kappa shape index (κ1) is 13.4. The highest BCUT2D eigenvalue weighted by Crippen LogP contribution is 2.28. The summed E-state index contributed by atoms with van der Waals surface area (Å²) < 4.78 is 0. The van der Waals surface area contributed by atoms with Gasteiger partial charge in [0.05, 0.1) is 16.4 Å². The average molecular weight is 279 g/mol. The Morgan fingerprint density at radius 3 is 2.63 bits per heavy atom. The van der Waals surface area contributed by atoms with Gasteiger partial charge in [0, 0.05) is 11.3 Å². The Balaban J connectivity index is 2.38. The lowest BCUT2D eigenvalue weighted by molar-refractivity contribution is -0.118. The van der Waals surface area contributed by atoms with Gasteiger partial charge in [0.25, 0.3) is 0 Å². The molecule has 0 bridgehead atoms. The predicted molar refractivity (Wildman–Crippen MR) is 75.1 cm³/mol. The molecule has 0 saturated carbocycles. The Bertz CT molecular complexity index is 589. The van der Waals surface area contributed by atoms with Gasteiger partial charge in [0.1, 0.15) is 6.04 Å². The molecule has 0 saturated heterocycles. The monoisotopic (exact) mass is 278 g/mol. The molecule has 0 radical (unpaired) electrons. The van der Waals surface area contributed by atoms with E-state index in [1.165, 1.54) is 0 Å². The smallest absolute Gasteiger partial charge is 0.244 e. The molecule has 1 aromatic heterocycles. The van der Waals surface area contributed by atoms with Crippen molar-refractivity contribution in [1.82, 2.24) is 10.2 Å². The lowest BCUT2D eigenvalue weighted by Crippen LogP contribution is -2.28. The summed E-state index contributed by atoms with van der Waals surface area (Å²) in [4.78, 5) is 11.7. The highest BCUT2D eigenvalue weighted by Gasteiger charge is 2.24. The Morgan fingerprint density at radius 1 is 1.42 bits per heavy atom. The lowest BCUT2D eigenvalue weighted by Gasteiger charge is -2.18. The number of aryl methyl sites for hydroxylation is 2. The fraction of sp³-hybridized carbons (Fsp3) is 0.231. The van der Waals surface area contributed by atoms with Crippen molar-refractivity contribution in [1.29, 1.82) is 0 Å². The number of amides is 1. The molecule has 1 aromatic carbocycles. The van der Waals surface area contributed by atoms with Crippen LogP contribution < -0.4 is 11.1 Å². The number of primary amides is 1. The van der Waals surface area contributed by atoms with Crippen LogP contribution in [0.25, 0.3) is 0 Å². The molecule has 1 unspecified atom stereocenters. The van der Waals surface area contributed by atoms with E-state index >= 15 is 0 Å². The number of hydrogen-bond acceptors (Lipinski definition) is 3. The van der Waals surface area contributed by atoms with Gasteiger partial charge in [0.2, 0.25) is 5.91 Å². The number of carbonyl (C=O) groups excluding carboxylic acids is 1. The minimum Gasteiger partial charge on any atom is -0.369 e. The van der Waals surface area contributed by atoms with Crippen LogP contribution in [0.1, 0.15) is 23.0 Å². The number of carbonyl (C=O) groups is 1. The van der Waals surface area contributed by atoms with Crippen molar-refractivity contribution in [2.75, 3.05) is 5.32 Å². The molecule has 1 amide bonds. The van der Waals surface area contributed by atoms with Crippen LogP contribution in [0.4, 0.5) is 5.69 Å². The first-order valence-corrected chi connectivity index (χ1v) is 6.20. The molecule has 0 aliphatic rings. The van der Waals surface area contributed by atoms with Crippen LogP contribution in [-0.4, -0.2) is 16.1 Å². The van der Waals surface area contributed by atoms with Crippen molar-refractivity contribution >= 4 is 23.2 Å². The van der Waals surface area contributed by atoms with E-state index in [-0.39, 0.29) is 0 Å². The fourth-order valence-corrected chi connectivity index (χ4v) is 2.19. The number of benzene rings is 1. The first-order chi connectivity index (χ1) is 9.00. The summed E-state index contributed by atoms with van der Waals surface area (Å²) in [5, 5.41) is 10.5. The van der Waals surface area contributed by atoms with Crippen molar-refractivity contribution in [2.24, 2.45) is 5.73 Å². The third-order valence-electron chi connectivity index (χ3n) is 2.93. The fourth-order valence-electron chi connectivity index (χ4n) is 2.00. The Morgan fingerprint density at radius 2 is 2.11 bits per heavy atom. The number of nitrogens with two attached hydrogens (primary N) is 1. The number of para-hydroxylation sites is 1. The number of H-pyrrole nitrogens is 1. The largest absolute Gasteiger partial charge is 0.369 e. The zero-order valence-corrected chi connectivity index (χ0v) is 11.5. The maximum Gasteiger partial charge on any atom is 0.244 e. The standard InChI is InChI=1S/C13H15ClN4O/c1-7-11(8(2)18-17-7)12(13(15)19)16-10-6-4-3-5-9(10)14/h3-6,12,16H,1-2H3,(H2,15,19)(H,17,18). The van der Waals surface area contributed by atoms with E-state index in [4.69, 9.17) is 17.3 Å². The number of hydrogen-bond donors (Lipinski definition) is 3. The number of aromatic amines is 1. The van der Waals surface area contributed by atoms with Gasteiger partial charge >= 0.3 is 0 Å². The van der Waals surface area contributed by atoms with Gasteiger partial charge in [-0.15, -0.1) is 0 Å². The molecular weight excluding hydrogens is 264 g/mol. The third kappa shape index (κ3) is 2.71. The van der Waals surface area contributed by atoms with Gasteiger partial charge in [-0.3, -0.25) is 9.89 Å². The molecule has 5 nitrogen and oxygen atoms in total. The van der Waals surface area contributed by atoms with E-state index in [0.29, 0.717) is 10.7 Å². The molecule has 0 aliphatic carbocycles. The van der Waals surface area contributed by atoms with Crippen molar-refractivity contribution in [2.45, 2.75) is 19.9 Å². The van der Waals surface area contributed by atoms with Gasteiger partial charge in [-0.2, -0.15) is 5.10 Å². The summed E-state index contributed by atoms with van der Waals surface area (Å²) in [7, 11) is 0. The van der Waals surface area contributed by atoms with Gasteiger partial charge in [0.15, 0.2) is 0 Å². The minimum atomic E-state index is -0.668. The Hall–Kier alpha value is -2.01. The van der Waals surface area contributed by atoms with Gasteiger partial charge in [-0.1, -0.05) is 23.7 Å². The zero-order valence-electron chi connectivity index (χ0n) is 10.7. The van der Waals surface area contributed by atoms with E-state index < -0.39 is 11.9 Å². The Kier molecular flexibility index (Phi) is 3.76. The van der Waals surface area contributed by atoms with Crippen LogP contribution in [0.5, 0.6) is 0 Å². The van der Waals surface area contributed by atoms with Crippen LogP contribution >= 0.6 is 11.6 Å². The van der Waals surface area contributed by atoms with Crippen LogP contribution in [-0.2, 0) is 4.79 Å². The zero-order chi connectivity index (χ0) is 14.0. The second-order valence-electron chi connectivity index (χ2n) is 4.31. The summed E-state index contributed by atoms with van der Waals surface area (Å²) in [6, 6.07) is 6.53. The van der Waals surface area contributed by atoms with Crippen LogP contribution in [0, 0.1) is 13.8 Å². The Labute approximate surface area is 116 Å². The highest BCUT2D eigenvalue weighted by atomic mass is 35.5. The summed E-state index contributed by atoms with van der Waals surface area (Å²) in [6.45, 7) is 3.67. The molecule has 1 atom stereocenters. The number of aromatic nitrogens is 2. The number of rotatable bonds is 4. The summed E-state index contributed by atoms with van der Waals surface area (Å²) >= 11 is 6.08. The highest BCUT2D eigenvalue weighted by molar-refractivity contribution is 6.33. The molecule has 4 N–H and O–H groups in total. The van der Waals surface area contributed by atoms with Gasteiger partial charge < -0.3 is 11.1 Å². The van der Waals surface area contributed by atoms with E-state index in [9.17, 15) is 4.79 Å². The van der Waals surface area contributed by atoms with Crippen molar-refractivity contribution < 1.29 is 4.79 Å². The quantitative estimate of drug-likeness (QED) is 0.802. The van der Waals surface area contributed by atoms with Gasteiger partial charge in [-0.25, -0.2) is 0 Å². The first-order valence-electron chi connectivity index (χ1n) is 5.82. The number of anilines is 1. The van der Waals surface area contributed by atoms with Gasteiger partial charge in [-0.05, 0) is 26.0 Å². The van der Waals surface area contributed by atoms with Crippen LogP contribution in [0.15, 0.2) is 24.3 Å². The number of halogens is 1. The third-order valence-corrected chi connectivity index (χ3v) is 3.26. The van der Waals surface area contributed by atoms with E-state index in [1.54, 1.807) is 12.1 Å². The SMILES string of the molecule is Cc1n[nH]c(C)c1C(Nc1ccccc1Cl)C(N)=O. The maximum atomic E-state index is 11.7. The lowest BCUT2D eigenvalue weighted by atomic mass is 10.0. The molecule has 1 heterocycles. The maximum absolute atomic E-state index is 11.7. The second kappa shape index (κ2) is 5.32. The van der Waals surface area contributed by atoms with E-state index in [2.05, 4.69) is 15.5 Å². The van der Waals surface area contributed by atoms with Crippen molar-refractivity contribution in [3.05, 3.63) is 46.2 Å². The summed E-state index contributed by atoms with van der Waals surface area (Å²) in [5.41, 5.74) is 8.44. The molecule has 2 aromatic rings. The van der Waals surface area contributed by atoms with Crippen molar-refractivity contribution in [3.63, 3.8) is 0 Å². The minimum absolute atomic E-state index is 0.479. The second-order valence-corrected chi connectivity index (χ2v) is 4.71. The van der Waals surface area contributed by atoms with E-state index in [0.717, 1.165) is 17.0 Å². The van der Waals surface area contributed by atoms with Crippen LogP contribution in [0.3, 0.4) is 0 Å². The van der Waals surface area contributed by atoms with E-state index in [1.807, 2.05) is 26.0 Å². The predicted octanol–water partition coefficient (Wildman–Crippen LogP) is 2.32. The van der Waals surface area contributed by atoms with Crippen LogP contribution in [0.2, 0.25) is 5.02 Å². The van der Waals surface area contributed by atoms with Crippen molar-refractivity contribution in [3.8, 4) is 0 Å². The normalized spacial score (nSPS) is 12.2. The molecule has 100 valence electrons. The molecule has 0 fully saturated rings.